The molecule has 1 aliphatic rings. The Morgan fingerprint density at radius 3 is 3.00 bits per heavy atom. The van der Waals surface area contributed by atoms with Crippen molar-refractivity contribution in [2.45, 2.75) is 32.4 Å². The quantitative estimate of drug-likeness (QED) is 0.924. The number of rotatable bonds is 4. The Kier molecular flexibility index (Phi) is 4.45. The number of likely N-dealkylation sites (N-methyl/N-ethyl adjacent to an activating group) is 1. The fourth-order valence-electron chi connectivity index (χ4n) is 2.40. The number of aromatic nitrogens is 1. The summed E-state index contributed by atoms with van der Waals surface area (Å²) in [6.07, 6.45) is 4.03. The number of aryl methyl sites for hydroxylation is 1. The number of hydrogen-bond donors (Lipinski definition) is 1. The van der Waals surface area contributed by atoms with E-state index in [0.29, 0.717) is 0 Å². The molecule has 100 valence electrons. The molecule has 1 atom stereocenters. The molecule has 18 heavy (non-hydrogen) atoms. The maximum atomic E-state index is 12.2. The molecular weight excluding hydrogens is 294 g/mol. The first-order valence-corrected chi connectivity index (χ1v) is 7.24. The minimum Gasteiger partial charge on any atom is -0.347 e. The summed E-state index contributed by atoms with van der Waals surface area (Å²) in [7, 11) is 2.09. The van der Waals surface area contributed by atoms with Crippen LogP contribution in [0.5, 0.6) is 0 Å². The number of carbonyl (C=O) groups excluding carboxylic acids is 1. The van der Waals surface area contributed by atoms with E-state index in [4.69, 9.17) is 0 Å². The second kappa shape index (κ2) is 5.89. The van der Waals surface area contributed by atoms with Crippen molar-refractivity contribution in [2.24, 2.45) is 0 Å². The lowest BCUT2D eigenvalue weighted by molar-refractivity contribution is 0.0929. The highest BCUT2D eigenvalue weighted by Gasteiger charge is 2.22. The normalized spacial score (nSPS) is 20.3. The Morgan fingerprint density at radius 1 is 1.61 bits per heavy atom. The largest absolute Gasteiger partial charge is 0.347 e. The van der Waals surface area contributed by atoms with Crippen molar-refractivity contribution in [3.05, 3.63) is 22.4 Å². The van der Waals surface area contributed by atoms with Gasteiger partial charge in [-0.25, -0.2) is 0 Å². The summed E-state index contributed by atoms with van der Waals surface area (Å²) in [5, 5.41) is 3.12. The summed E-state index contributed by atoms with van der Waals surface area (Å²) >= 11 is 3.43. The third-order valence-corrected chi connectivity index (χ3v) is 3.72. The van der Waals surface area contributed by atoms with Gasteiger partial charge in [-0.05, 0) is 48.4 Å². The topological polar surface area (TPSA) is 37.3 Å². The Bertz CT molecular complexity index is 430. The van der Waals surface area contributed by atoms with Gasteiger partial charge in [0.2, 0.25) is 0 Å². The van der Waals surface area contributed by atoms with Crippen LogP contribution in [0.15, 0.2) is 16.7 Å². The summed E-state index contributed by atoms with van der Waals surface area (Å²) in [6, 6.07) is 2.18. The van der Waals surface area contributed by atoms with Crippen LogP contribution in [0.2, 0.25) is 0 Å². The van der Waals surface area contributed by atoms with Crippen LogP contribution in [0.1, 0.15) is 30.3 Å². The van der Waals surface area contributed by atoms with Gasteiger partial charge in [0.1, 0.15) is 5.69 Å². The molecule has 1 amide bonds. The van der Waals surface area contributed by atoms with E-state index >= 15 is 0 Å². The predicted molar refractivity (Wildman–Crippen MR) is 75.8 cm³/mol. The summed E-state index contributed by atoms with van der Waals surface area (Å²) in [4.78, 5) is 14.5. The highest BCUT2D eigenvalue weighted by molar-refractivity contribution is 9.10. The van der Waals surface area contributed by atoms with Crippen LogP contribution in [0.25, 0.3) is 0 Å². The summed E-state index contributed by atoms with van der Waals surface area (Å²) < 4.78 is 2.97. The molecule has 0 aliphatic carbocycles. The molecule has 0 aromatic carbocycles. The maximum Gasteiger partial charge on any atom is 0.268 e. The number of nitrogens with zero attached hydrogens (tertiary/aromatic N) is 2. The van der Waals surface area contributed by atoms with Crippen LogP contribution >= 0.6 is 15.9 Å². The van der Waals surface area contributed by atoms with E-state index < -0.39 is 0 Å². The summed E-state index contributed by atoms with van der Waals surface area (Å²) in [5.74, 6) is 0.0365. The Labute approximate surface area is 116 Å². The van der Waals surface area contributed by atoms with Crippen molar-refractivity contribution in [1.29, 1.82) is 0 Å². The van der Waals surface area contributed by atoms with Gasteiger partial charge in [0.05, 0.1) is 0 Å². The van der Waals surface area contributed by atoms with Crippen molar-refractivity contribution >= 4 is 21.8 Å². The second-order valence-electron chi connectivity index (χ2n) is 4.96. The first-order valence-electron chi connectivity index (χ1n) is 6.45. The number of amides is 1. The van der Waals surface area contributed by atoms with Gasteiger partial charge in [-0.2, -0.15) is 0 Å². The lowest BCUT2D eigenvalue weighted by atomic mass is 10.2. The van der Waals surface area contributed by atoms with Gasteiger partial charge < -0.3 is 14.8 Å². The molecular formula is C13H20BrN3O. The van der Waals surface area contributed by atoms with E-state index in [0.717, 1.165) is 42.6 Å². The third-order valence-electron chi connectivity index (χ3n) is 3.29. The number of hydrogen-bond acceptors (Lipinski definition) is 2. The lowest BCUT2D eigenvalue weighted by Gasteiger charge is -2.14. The Balaban J connectivity index is 2.04. The lowest BCUT2D eigenvalue weighted by Crippen LogP contribution is -2.37. The highest BCUT2D eigenvalue weighted by Crippen LogP contribution is 2.16. The number of likely N-dealkylation sites (tertiary alicyclic amines) is 1. The van der Waals surface area contributed by atoms with Crippen molar-refractivity contribution in [3.8, 4) is 0 Å². The van der Waals surface area contributed by atoms with Crippen molar-refractivity contribution in [1.82, 2.24) is 14.8 Å². The molecule has 1 aliphatic heterocycles. The van der Waals surface area contributed by atoms with Gasteiger partial charge in [0, 0.05) is 29.8 Å². The van der Waals surface area contributed by atoms with Crippen molar-refractivity contribution < 1.29 is 4.79 Å². The molecule has 2 rings (SSSR count). The zero-order valence-corrected chi connectivity index (χ0v) is 12.5. The summed E-state index contributed by atoms with van der Waals surface area (Å²) in [5.41, 5.74) is 0.748. The first kappa shape index (κ1) is 13.6. The SMILES string of the molecule is CCCn1cc(Br)cc1C(=O)NC1CCN(C)C1. The van der Waals surface area contributed by atoms with Crippen LogP contribution in [-0.2, 0) is 6.54 Å². The standard InChI is InChI=1S/C13H20BrN3O/c1-3-5-17-8-10(14)7-12(17)13(18)15-11-4-6-16(2)9-11/h7-8,11H,3-6,9H2,1-2H3,(H,15,18). The summed E-state index contributed by atoms with van der Waals surface area (Å²) in [6.45, 7) is 4.99. The Hall–Kier alpha value is -0.810. The highest BCUT2D eigenvalue weighted by atomic mass is 79.9. The molecule has 0 bridgehead atoms. The molecule has 4 nitrogen and oxygen atoms in total. The number of halogens is 1. The van der Waals surface area contributed by atoms with Crippen molar-refractivity contribution in [3.63, 3.8) is 0 Å². The Morgan fingerprint density at radius 2 is 2.39 bits per heavy atom. The van der Waals surface area contributed by atoms with E-state index in [2.05, 4.69) is 40.1 Å². The van der Waals surface area contributed by atoms with Crippen LogP contribution in [0, 0.1) is 0 Å². The van der Waals surface area contributed by atoms with E-state index in [1.54, 1.807) is 0 Å². The fourth-order valence-corrected chi connectivity index (χ4v) is 2.87. The smallest absolute Gasteiger partial charge is 0.268 e. The molecule has 0 radical (unpaired) electrons. The van der Waals surface area contributed by atoms with E-state index in [1.165, 1.54) is 0 Å². The van der Waals surface area contributed by atoms with E-state index in [9.17, 15) is 4.79 Å². The number of nitrogens with one attached hydrogen (secondary N) is 1. The molecule has 1 N–H and O–H groups in total. The molecule has 1 aromatic rings. The maximum absolute atomic E-state index is 12.2. The molecule has 1 saturated heterocycles. The van der Waals surface area contributed by atoms with E-state index in [-0.39, 0.29) is 11.9 Å². The zero-order valence-electron chi connectivity index (χ0n) is 10.9. The third kappa shape index (κ3) is 3.14. The van der Waals surface area contributed by atoms with Gasteiger partial charge in [0.15, 0.2) is 0 Å². The predicted octanol–water partition coefficient (Wildman–Crippen LogP) is 2.09. The minimum absolute atomic E-state index is 0.0365. The van der Waals surface area contributed by atoms with Gasteiger partial charge in [0.25, 0.3) is 5.91 Å². The van der Waals surface area contributed by atoms with Crippen LogP contribution < -0.4 is 5.32 Å². The monoisotopic (exact) mass is 313 g/mol. The minimum atomic E-state index is 0.0365. The molecule has 0 saturated carbocycles. The van der Waals surface area contributed by atoms with Crippen molar-refractivity contribution in [2.75, 3.05) is 20.1 Å². The van der Waals surface area contributed by atoms with Crippen LogP contribution in [-0.4, -0.2) is 41.6 Å². The van der Waals surface area contributed by atoms with Gasteiger partial charge in [-0.3, -0.25) is 4.79 Å². The van der Waals surface area contributed by atoms with Gasteiger partial charge >= 0.3 is 0 Å². The molecule has 1 fully saturated rings. The second-order valence-corrected chi connectivity index (χ2v) is 5.87. The van der Waals surface area contributed by atoms with Crippen LogP contribution in [0.4, 0.5) is 0 Å². The molecule has 0 spiro atoms. The molecule has 1 unspecified atom stereocenters. The molecule has 5 heteroatoms. The number of carbonyl (C=O) groups is 1. The first-order chi connectivity index (χ1) is 8.60. The van der Waals surface area contributed by atoms with Crippen LogP contribution in [0.3, 0.4) is 0 Å². The molecule has 1 aromatic heterocycles. The average Bonchev–Trinajstić information content (AvgIpc) is 2.86. The zero-order chi connectivity index (χ0) is 13.1. The fraction of sp³-hybridized carbons (Fsp3) is 0.615. The van der Waals surface area contributed by atoms with Gasteiger partial charge in [-0.15, -0.1) is 0 Å². The van der Waals surface area contributed by atoms with E-state index in [1.807, 2.05) is 16.8 Å². The average molecular weight is 314 g/mol. The molecule has 2 heterocycles. The van der Waals surface area contributed by atoms with Gasteiger partial charge in [-0.1, -0.05) is 6.92 Å².